The van der Waals surface area contributed by atoms with E-state index in [4.69, 9.17) is 4.43 Å². The van der Waals surface area contributed by atoms with Gasteiger partial charge in [0.25, 0.3) is 14.2 Å². The Morgan fingerprint density at radius 2 is 1.48 bits per heavy atom. The second-order valence-corrected chi connectivity index (χ2v) is 13.6. The lowest BCUT2D eigenvalue weighted by molar-refractivity contribution is 0.0963. The Hall–Kier alpha value is -3.28. The van der Waals surface area contributed by atoms with Gasteiger partial charge in [-0.15, -0.1) is 0 Å². The Morgan fingerprint density at radius 3 is 2.03 bits per heavy atom. The second kappa shape index (κ2) is 9.30. The van der Waals surface area contributed by atoms with Crippen molar-refractivity contribution in [3.05, 3.63) is 102 Å². The molecular weight excluding hydrogens is 424 g/mol. The summed E-state index contributed by atoms with van der Waals surface area (Å²) < 4.78 is 6.99. The highest BCUT2D eigenvalue weighted by atomic mass is 28.4. The van der Waals surface area contributed by atoms with Crippen molar-refractivity contribution in [3.63, 3.8) is 0 Å². The fraction of sp³-hybridized carbons (Fsp3) is 0.214. The van der Waals surface area contributed by atoms with Crippen LogP contribution in [0.2, 0.25) is 5.04 Å². The summed E-state index contributed by atoms with van der Waals surface area (Å²) >= 11 is 0. The van der Waals surface area contributed by atoms with Crippen molar-refractivity contribution in [2.45, 2.75) is 32.4 Å². The van der Waals surface area contributed by atoms with E-state index < -0.39 is 8.32 Å². The Bertz CT molecular complexity index is 1210. The van der Waals surface area contributed by atoms with Crippen LogP contribution >= 0.6 is 0 Å². The third-order valence-corrected chi connectivity index (χ3v) is 11.1. The smallest absolute Gasteiger partial charge is 0.261 e. The highest BCUT2D eigenvalue weighted by molar-refractivity contribution is 6.99. The number of nitrogens with zero attached hydrogens (tertiary/aromatic N) is 1. The van der Waals surface area contributed by atoms with Crippen molar-refractivity contribution in [1.82, 2.24) is 10.3 Å². The molecule has 1 N–H and O–H groups in total. The topological polar surface area (TPSA) is 51.2 Å². The number of carbonyl (C=O) groups is 1. The Morgan fingerprint density at radius 1 is 0.879 bits per heavy atom. The maximum Gasteiger partial charge on any atom is 0.261 e. The molecule has 0 spiro atoms. The molecule has 1 aromatic heterocycles. The summed E-state index contributed by atoms with van der Waals surface area (Å²) in [7, 11) is -0.986. The van der Waals surface area contributed by atoms with Crippen LogP contribution in [0.3, 0.4) is 0 Å². The molecule has 0 radical (unpaired) electrons. The largest absolute Gasteiger partial charge is 0.401 e. The predicted molar refractivity (Wildman–Crippen MR) is 138 cm³/mol. The molecule has 4 aromatic rings. The van der Waals surface area contributed by atoms with Crippen molar-refractivity contribution in [1.29, 1.82) is 0 Å². The molecule has 4 nitrogen and oxygen atoms in total. The molecule has 5 heteroatoms. The quantitative estimate of drug-likeness (QED) is 0.431. The zero-order valence-electron chi connectivity index (χ0n) is 19.6. The minimum Gasteiger partial charge on any atom is -0.401 e. The van der Waals surface area contributed by atoms with Crippen LogP contribution in [0, 0.1) is 0 Å². The maximum atomic E-state index is 12.0. The van der Waals surface area contributed by atoms with Crippen LogP contribution in [0.1, 0.15) is 36.8 Å². The zero-order valence-corrected chi connectivity index (χ0v) is 20.6. The molecular formula is C28H30N2O2Si. The Balaban J connectivity index is 1.73. The first-order valence-electron chi connectivity index (χ1n) is 11.2. The minimum atomic E-state index is -2.62. The van der Waals surface area contributed by atoms with E-state index in [0.29, 0.717) is 12.2 Å². The third-order valence-electron chi connectivity index (χ3n) is 6.12. The molecule has 0 aliphatic carbocycles. The molecule has 0 unspecified atom stereocenters. The van der Waals surface area contributed by atoms with E-state index in [1.807, 2.05) is 36.5 Å². The number of benzene rings is 3. The van der Waals surface area contributed by atoms with E-state index in [2.05, 4.69) is 85.7 Å². The standard InChI is InChI=1S/C28H30N2O2Si/c1-28(2,3)33(25-11-7-5-8-12-25,26-13-9-6-10-14-26)32-20-24-18-21-15-16-22(27(31)29-4)17-23(21)19-30-24/h5-19H,20H2,1-4H3,(H,29,31). The molecule has 0 bridgehead atoms. The number of nitrogens with one attached hydrogen (secondary N) is 1. The molecule has 168 valence electrons. The first-order chi connectivity index (χ1) is 15.8. The van der Waals surface area contributed by atoms with Gasteiger partial charge in [-0.2, -0.15) is 0 Å². The Labute approximate surface area is 196 Å². The molecule has 0 saturated heterocycles. The molecule has 0 aliphatic rings. The van der Waals surface area contributed by atoms with Gasteiger partial charge in [-0.1, -0.05) is 87.5 Å². The van der Waals surface area contributed by atoms with Gasteiger partial charge in [-0.3, -0.25) is 9.78 Å². The fourth-order valence-corrected chi connectivity index (χ4v) is 9.02. The first kappa shape index (κ1) is 22.9. The molecule has 0 saturated carbocycles. The number of hydrogen-bond acceptors (Lipinski definition) is 3. The molecule has 1 amide bonds. The van der Waals surface area contributed by atoms with Gasteiger partial charge < -0.3 is 9.74 Å². The Kier molecular flexibility index (Phi) is 6.45. The van der Waals surface area contributed by atoms with Gasteiger partial charge in [0.2, 0.25) is 0 Å². The van der Waals surface area contributed by atoms with Crippen LogP contribution in [0.25, 0.3) is 10.8 Å². The lowest BCUT2D eigenvalue weighted by atomic mass is 10.1. The molecule has 0 fully saturated rings. The van der Waals surface area contributed by atoms with E-state index in [1.54, 1.807) is 7.05 Å². The predicted octanol–water partition coefficient (Wildman–Crippen LogP) is 4.67. The van der Waals surface area contributed by atoms with Crippen molar-refractivity contribution < 1.29 is 9.22 Å². The number of hydrogen-bond donors (Lipinski definition) is 1. The molecule has 0 aliphatic heterocycles. The summed E-state index contributed by atoms with van der Waals surface area (Å²) in [6, 6.07) is 29.0. The molecule has 4 rings (SSSR count). The molecule has 1 heterocycles. The number of fused-ring (bicyclic) bond motifs is 1. The maximum absolute atomic E-state index is 12.0. The zero-order chi connectivity index (χ0) is 23.5. The van der Waals surface area contributed by atoms with E-state index >= 15 is 0 Å². The van der Waals surface area contributed by atoms with E-state index in [9.17, 15) is 4.79 Å². The van der Waals surface area contributed by atoms with Gasteiger partial charge in [0.05, 0.1) is 12.3 Å². The SMILES string of the molecule is CNC(=O)c1ccc2cc(CO[Si](c3ccccc3)(c3ccccc3)C(C)(C)C)ncc2c1. The number of aromatic nitrogens is 1. The van der Waals surface area contributed by atoms with E-state index in [-0.39, 0.29) is 10.9 Å². The first-order valence-corrected chi connectivity index (χ1v) is 13.1. The molecule has 33 heavy (non-hydrogen) atoms. The minimum absolute atomic E-state index is 0.0883. The summed E-state index contributed by atoms with van der Waals surface area (Å²) in [6.07, 6.45) is 1.83. The number of amides is 1. The average Bonchev–Trinajstić information content (AvgIpc) is 2.84. The van der Waals surface area contributed by atoms with Crippen LogP contribution in [-0.2, 0) is 11.0 Å². The summed E-state index contributed by atoms with van der Waals surface area (Å²) in [4.78, 5) is 16.6. The third kappa shape index (κ3) is 4.47. The lowest BCUT2D eigenvalue weighted by Crippen LogP contribution is -2.66. The highest BCUT2D eigenvalue weighted by Crippen LogP contribution is 2.37. The highest BCUT2D eigenvalue weighted by Gasteiger charge is 2.50. The number of rotatable bonds is 6. The monoisotopic (exact) mass is 454 g/mol. The van der Waals surface area contributed by atoms with Crippen LogP contribution in [0.15, 0.2) is 91.1 Å². The van der Waals surface area contributed by atoms with E-state index in [1.165, 1.54) is 10.4 Å². The van der Waals surface area contributed by atoms with Crippen molar-refractivity contribution in [3.8, 4) is 0 Å². The van der Waals surface area contributed by atoms with E-state index in [0.717, 1.165) is 16.5 Å². The summed E-state index contributed by atoms with van der Waals surface area (Å²) in [5.74, 6) is -0.101. The van der Waals surface area contributed by atoms with Crippen molar-refractivity contribution in [2.24, 2.45) is 0 Å². The van der Waals surface area contributed by atoms with Crippen LogP contribution < -0.4 is 15.7 Å². The summed E-state index contributed by atoms with van der Waals surface area (Å²) in [5.41, 5.74) is 1.51. The van der Waals surface area contributed by atoms with Gasteiger partial charge in [0.15, 0.2) is 0 Å². The molecule has 3 aromatic carbocycles. The van der Waals surface area contributed by atoms with Gasteiger partial charge in [0, 0.05) is 24.2 Å². The van der Waals surface area contributed by atoms with Crippen LogP contribution in [-0.4, -0.2) is 26.3 Å². The lowest BCUT2D eigenvalue weighted by Gasteiger charge is -2.43. The van der Waals surface area contributed by atoms with Crippen molar-refractivity contribution in [2.75, 3.05) is 7.05 Å². The number of pyridine rings is 1. The summed E-state index contributed by atoms with van der Waals surface area (Å²) in [5, 5.41) is 7.05. The van der Waals surface area contributed by atoms with Gasteiger partial charge >= 0.3 is 0 Å². The number of carbonyl (C=O) groups excluding carboxylic acids is 1. The fourth-order valence-electron chi connectivity index (χ4n) is 4.50. The van der Waals surface area contributed by atoms with Crippen molar-refractivity contribution >= 4 is 35.4 Å². The van der Waals surface area contributed by atoms with Gasteiger partial charge in [-0.25, -0.2) is 0 Å². The molecule has 0 atom stereocenters. The van der Waals surface area contributed by atoms with Gasteiger partial charge in [0.1, 0.15) is 0 Å². The average molecular weight is 455 g/mol. The van der Waals surface area contributed by atoms with Crippen LogP contribution in [0.4, 0.5) is 0 Å². The summed E-state index contributed by atoms with van der Waals surface area (Å²) in [6.45, 7) is 7.23. The van der Waals surface area contributed by atoms with Crippen LogP contribution in [0.5, 0.6) is 0 Å². The van der Waals surface area contributed by atoms with Gasteiger partial charge in [-0.05, 0) is 39.0 Å². The second-order valence-electron chi connectivity index (χ2n) is 9.27. The normalized spacial score (nSPS) is 12.0.